The first-order valence-corrected chi connectivity index (χ1v) is 6.75. The van der Waals surface area contributed by atoms with Gasteiger partial charge in [-0.15, -0.1) is 0 Å². The standard InChI is InChI=1S/C15H25NO2/c1-4-8-18-15-7-6-13(11-17-5-2)10-14(15)9-12(3)16/h6-7,10,12H,4-5,8-9,11,16H2,1-3H3. The third-order valence-electron chi connectivity index (χ3n) is 2.60. The van der Waals surface area contributed by atoms with Crippen LogP contribution in [-0.4, -0.2) is 19.3 Å². The first-order chi connectivity index (χ1) is 8.67. The van der Waals surface area contributed by atoms with Crippen molar-refractivity contribution in [3.8, 4) is 5.75 Å². The lowest BCUT2D eigenvalue weighted by atomic mass is 10.0. The van der Waals surface area contributed by atoms with Crippen molar-refractivity contribution in [2.75, 3.05) is 13.2 Å². The van der Waals surface area contributed by atoms with Gasteiger partial charge < -0.3 is 15.2 Å². The van der Waals surface area contributed by atoms with Gasteiger partial charge in [-0.2, -0.15) is 0 Å². The van der Waals surface area contributed by atoms with Gasteiger partial charge in [0.25, 0.3) is 0 Å². The minimum Gasteiger partial charge on any atom is -0.493 e. The van der Waals surface area contributed by atoms with E-state index in [9.17, 15) is 0 Å². The number of nitrogens with two attached hydrogens (primary N) is 1. The number of hydrogen-bond acceptors (Lipinski definition) is 3. The van der Waals surface area contributed by atoms with Crippen molar-refractivity contribution in [2.45, 2.75) is 46.3 Å². The molecule has 102 valence electrons. The van der Waals surface area contributed by atoms with Gasteiger partial charge in [0.1, 0.15) is 5.75 Å². The van der Waals surface area contributed by atoms with Gasteiger partial charge in [-0.25, -0.2) is 0 Å². The fourth-order valence-electron chi connectivity index (χ4n) is 1.80. The van der Waals surface area contributed by atoms with Crippen LogP contribution in [0.1, 0.15) is 38.3 Å². The minimum atomic E-state index is 0.135. The summed E-state index contributed by atoms with van der Waals surface area (Å²) in [5, 5.41) is 0. The Bertz CT molecular complexity index is 350. The molecule has 1 rings (SSSR count). The van der Waals surface area contributed by atoms with Crippen LogP contribution < -0.4 is 10.5 Å². The van der Waals surface area contributed by atoms with E-state index in [1.54, 1.807) is 0 Å². The smallest absolute Gasteiger partial charge is 0.122 e. The zero-order chi connectivity index (χ0) is 13.4. The Kier molecular flexibility index (Phi) is 6.76. The highest BCUT2D eigenvalue weighted by Crippen LogP contribution is 2.22. The minimum absolute atomic E-state index is 0.135. The average molecular weight is 251 g/mol. The molecule has 2 N–H and O–H groups in total. The van der Waals surface area contributed by atoms with Gasteiger partial charge in [0.15, 0.2) is 0 Å². The van der Waals surface area contributed by atoms with Crippen molar-refractivity contribution in [2.24, 2.45) is 5.73 Å². The molecule has 0 saturated heterocycles. The Labute approximate surface area is 110 Å². The predicted octanol–water partition coefficient (Wildman–Crippen LogP) is 2.90. The predicted molar refractivity (Wildman–Crippen MR) is 74.9 cm³/mol. The highest BCUT2D eigenvalue weighted by Gasteiger charge is 2.07. The van der Waals surface area contributed by atoms with Crippen LogP contribution in [0.15, 0.2) is 18.2 Å². The molecule has 0 spiro atoms. The largest absolute Gasteiger partial charge is 0.493 e. The molecule has 0 aliphatic rings. The molecule has 18 heavy (non-hydrogen) atoms. The quantitative estimate of drug-likeness (QED) is 0.772. The normalized spacial score (nSPS) is 12.4. The summed E-state index contributed by atoms with van der Waals surface area (Å²) in [7, 11) is 0. The second-order valence-corrected chi connectivity index (χ2v) is 4.61. The maximum Gasteiger partial charge on any atom is 0.122 e. The van der Waals surface area contributed by atoms with Crippen molar-refractivity contribution >= 4 is 0 Å². The third kappa shape index (κ3) is 5.07. The maximum absolute atomic E-state index is 5.89. The van der Waals surface area contributed by atoms with Crippen LogP contribution in [-0.2, 0) is 17.8 Å². The Balaban J connectivity index is 2.81. The summed E-state index contributed by atoms with van der Waals surface area (Å²) in [5.41, 5.74) is 8.24. The van der Waals surface area contributed by atoms with Crippen molar-refractivity contribution in [3.05, 3.63) is 29.3 Å². The molecule has 3 nitrogen and oxygen atoms in total. The Hall–Kier alpha value is -1.06. The average Bonchev–Trinajstić information content (AvgIpc) is 2.34. The molecule has 1 aromatic rings. The molecule has 3 heteroatoms. The number of rotatable bonds is 8. The molecule has 0 aromatic heterocycles. The topological polar surface area (TPSA) is 44.5 Å². The molecule has 1 aromatic carbocycles. The molecular weight excluding hydrogens is 226 g/mol. The van der Waals surface area contributed by atoms with Crippen molar-refractivity contribution in [1.29, 1.82) is 0 Å². The summed E-state index contributed by atoms with van der Waals surface area (Å²) in [6.07, 6.45) is 1.84. The van der Waals surface area contributed by atoms with Crippen LogP contribution >= 0.6 is 0 Å². The summed E-state index contributed by atoms with van der Waals surface area (Å²) < 4.78 is 11.2. The van der Waals surface area contributed by atoms with Crippen LogP contribution in [0.25, 0.3) is 0 Å². The van der Waals surface area contributed by atoms with Crippen LogP contribution in [0.5, 0.6) is 5.75 Å². The SMILES string of the molecule is CCCOc1ccc(COCC)cc1CC(C)N. The molecule has 1 atom stereocenters. The van der Waals surface area contributed by atoms with E-state index < -0.39 is 0 Å². The Morgan fingerprint density at radius 2 is 2.06 bits per heavy atom. The zero-order valence-corrected chi connectivity index (χ0v) is 11.7. The van der Waals surface area contributed by atoms with Crippen LogP contribution in [0, 0.1) is 0 Å². The van der Waals surface area contributed by atoms with Crippen molar-refractivity contribution in [3.63, 3.8) is 0 Å². The van der Waals surface area contributed by atoms with Gasteiger partial charge in [-0.3, -0.25) is 0 Å². The Morgan fingerprint density at radius 1 is 1.28 bits per heavy atom. The van der Waals surface area contributed by atoms with Gasteiger partial charge in [0, 0.05) is 12.6 Å². The summed E-state index contributed by atoms with van der Waals surface area (Å²) >= 11 is 0. The molecule has 0 aliphatic carbocycles. The van der Waals surface area contributed by atoms with E-state index in [0.29, 0.717) is 6.61 Å². The molecule has 0 aliphatic heterocycles. The summed E-state index contributed by atoms with van der Waals surface area (Å²) in [6, 6.07) is 6.37. The monoisotopic (exact) mass is 251 g/mol. The second kappa shape index (κ2) is 8.11. The van der Waals surface area contributed by atoms with E-state index in [1.807, 2.05) is 19.9 Å². The van der Waals surface area contributed by atoms with Gasteiger partial charge in [0.05, 0.1) is 13.2 Å². The van der Waals surface area contributed by atoms with E-state index in [-0.39, 0.29) is 6.04 Å². The highest BCUT2D eigenvalue weighted by atomic mass is 16.5. The lowest BCUT2D eigenvalue weighted by Crippen LogP contribution is -2.18. The summed E-state index contributed by atoms with van der Waals surface area (Å²) in [6.45, 7) is 8.25. The van der Waals surface area contributed by atoms with Crippen LogP contribution in [0.2, 0.25) is 0 Å². The van der Waals surface area contributed by atoms with Crippen molar-refractivity contribution < 1.29 is 9.47 Å². The van der Waals surface area contributed by atoms with E-state index >= 15 is 0 Å². The summed E-state index contributed by atoms with van der Waals surface area (Å²) in [4.78, 5) is 0. The molecular formula is C15H25NO2. The maximum atomic E-state index is 5.89. The Morgan fingerprint density at radius 3 is 2.67 bits per heavy atom. The molecule has 0 radical (unpaired) electrons. The van der Waals surface area contributed by atoms with E-state index in [0.717, 1.165) is 31.8 Å². The summed E-state index contributed by atoms with van der Waals surface area (Å²) in [5.74, 6) is 0.953. The molecule has 0 amide bonds. The fraction of sp³-hybridized carbons (Fsp3) is 0.600. The lowest BCUT2D eigenvalue weighted by Gasteiger charge is -2.14. The molecule has 1 unspecified atom stereocenters. The van der Waals surface area contributed by atoms with Gasteiger partial charge >= 0.3 is 0 Å². The molecule has 0 saturated carbocycles. The number of hydrogen-bond donors (Lipinski definition) is 1. The van der Waals surface area contributed by atoms with Crippen LogP contribution in [0.4, 0.5) is 0 Å². The van der Waals surface area contributed by atoms with Crippen LogP contribution in [0.3, 0.4) is 0 Å². The van der Waals surface area contributed by atoms with E-state index in [4.69, 9.17) is 15.2 Å². The molecule has 0 heterocycles. The second-order valence-electron chi connectivity index (χ2n) is 4.61. The van der Waals surface area contributed by atoms with Gasteiger partial charge in [-0.1, -0.05) is 13.0 Å². The third-order valence-corrected chi connectivity index (χ3v) is 2.60. The lowest BCUT2D eigenvalue weighted by molar-refractivity contribution is 0.134. The van der Waals surface area contributed by atoms with Gasteiger partial charge in [0.2, 0.25) is 0 Å². The van der Waals surface area contributed by atoms with E-state index in [1.165, 1.54) is 11.1 Å². The number of benzene rings is 1. The zero-order valence-electron chi connectivity index (χ0n) is 11.7. The fourth-order valence-corrected chi connectivity index (χ4v) is 1.80. The number of ether oxygens (including phenoxy) is 2. The van der Waals surface area contributed by atoms with Crippen molar-refractivity contribution in [1.82, 2.24) is 0 Å². The first-order valence-electron chi connectivity index (χ1n) is 6.75. The highest BCUT2D eigenvalue weighted by molar-refractivity contribution is 5.37. The van der Waals surface area contributed by atoms with Gasteiger partial charge in [-0.05, 0) is 49.9 Å². The van der Waals surface area contributed by atoms with E-state index in [2.05, 4.69) is 19.1 Å². The first kappa shape index (κ1) is 15.0. The molecule has 0 fully saturated rings. The molecule has 0 bridgehead atoms.